The molecule has 2 aromatic heterocycles. The minimum atomic E-state index is -0.116. The van der Waals surface area contributed by atoms with Crippen LogP contribution in [-0.4, -0.2) is 9.55 Å². The van der Waals surface area contributed by atoms with Crippen molar-refractivity contribution in [3.63, 3.8) is 0 Å². The van der Waals surface area contributed by atoms with Gasteiger partial charge in [-0.05, 0) is 69.4 Å². The molecular formula is C32H22N2S. The van der Waals surface area contributed by atoms with Crippen LogP contribution >= 0.6 is 11.3 Å². The number of fused-ring (bicyclic) bond motifs is 9. The fourth-order valence-electron chi connectivity index (χ4n) is 6.28. The molecular weight excluding hydrogens is 444 g/mol. The first-order valence-corrected chi connectivity index (χ1v) is 12.9. The molecule has 166 valence electrons. The normalized spacial score (nSPS) is 14.2. The van der Waals surface area contributed by atoms with E-state index in [4.69, 9.17) is 0 Å². The van der Waals surface area contributed by atoms with Crippen molar-refractivity contribution in [2.45, 2.75) is 19.3 Å². The Hall–Kier alpha value is -3.95. The second-order valence-corrected chi connectivity index (χ2v) is 11.0. The van der Waals surface area contributed by atoms with E-state index in [1.54, 1.807) is 11.3 Å². The zero-order valence-electron chi connectivity index (χ0n) is 19.5. The van der Waals surface area contributed by atoms with Gasteiger partial charge >= 0.3 is 0 Å². The van der Waals surface area contributed by atoms with Crippen molar-refractivity contribution >= 4 is 54.1 Å². The number of hydrogen-bond acceptors (Lipinski definition) is 2. The largest absolute Gasteiger partial charge is 0.309 e. The standard InChI is InChI=1S/C32H22N2S/c1-32(2)26-16-20-8-4-3-7-19(20)15-25(26)23-12-13-24-22-9-5-6-10-28(22)34(31(24)30(23)32)21-11-14-27-29(17-21)35-18-33-27/h3-18H,1-2H3. The van der Waals surface area contributed by atoms with E-state index in [0.29, 0.717) is 0 Å². The molecule has 0 N–H and O–H groups in total. The Labute approximate surface area is 207 Å². The first-order valence-electron chi connectivity index (χ1n) is 12.1. The predicted octanol–water partition coefficient (Wildman–Crippen LogP) is 8.85. The second kappa shape index (κ2) is 6.59. The van der Waals surface area contributed by atoms with Gasteiger partial charge in [0.15, 0.2) is 0 Å². The van der Waals surface area contributed by atoms with Crippen LogP contribution in [0.25, 0.3) is 59.6 Å². The highest BCUT2D eigenvalue weighted by molar-refractivity contribution is 7.16. The maximum absolute atomic E-state index is 4.51. The number of para-hydroxylation sites is 1. The van der Waals surface area contributed by atoms with Crippen molar-refractivity contribution in [2.24, 2.45) is 0 Å². The molecule has 2 nitrogen and oxygen atoms in total. The highest BCUT2D eigenvalue weighted by Gasteiger charge is 2.38. The lowest BCUT2D eigenvalue weighted by Crippen LogP contribution is -2.16. The first kappa shape index (κ1) is 19.4. The van der Waals surface area contributed by atoms with Gasteiger partial charge in [-0.2, -0.15) is 0 Å². The third-order valence-electron chi connectivity index (χ3n) is 7.88. The van der Waals surface area contributed by atoms with Crippen molar-refractivity contribution < 1.29 is 0 Å². The first-order chi connectivity index (χ1) is 17.1. The predicted molar refractivity (Wildman–Crippen MR) is 149 cm³/mol. The van der Waals surface area contributed by atoms with Gasteiger partial charge in [0.05, 0.1) is 26.8 Å². The van der Waals surface area contributed by atoms with E-state index in [1.165, 1.54) is 65.2 Å². The Balaban J connectivity index is 1.55. The summed E-state index contributed by atoms with van der Waals surface area (Å²) < 4.78 is 3.70. The van der Waals surface area contributed by atoms with E-state index < -0.39 is 0 Å². The number of thiazole rings is 1. The second-order valence-electron chi connectivity index (χ2n) is 10.1. The van der Waals surface area contributed by atoms with Crippen molar-refractivity contribution in [3.05, 3.63) is 108 Å². The summed E-state index contributed by atoms with van der Waals surface area (Å²) in [6, 6.07) is 33.7. The molecule has 0 bridgehead atoms. The maximum Gasteiger partial charge on any atom is 0.0813 e. The zero-order chi connectivity index (χ0) is 23.3. The van der Waals surface area contributed by atoms with Gasteiger partial charge in [0.2, 0.25) is 0 Å². The molecule has 3 heteroatoms. The number of nitrogens with zero attached hydrogens (tertiary/aromatic N) is 2. The summed E-state index contributed by atoms with van der Waals surface area (Å²) in [6.07, 6.45) is 0. The topological polar surface area (TPSA) is 17.8 Å². The van der Waals surface area contributed by atoms with Crippen molar-refractivity contribution in [2.75, 3.05) is 0 Å². The van der Waals surface area contributed by atoms with Crippen molar-refractivity contribution in [1.29, 1.82) is 0 Å². The highest BCUT2D eigenvalue weighted by atomic mass is 32.1. The van der Waals surface area contributed by atoms with Crippen LogP contribution in [-0.2, 0) is 5.41 Å². The molecule has 8 rings (SSSR count). The van der Waals surface area contributed by atoms with E-state index >= 15 is 0 Å². The monoisotopic (exact) mass is 466 g/mol. The lowest BCUT2D eigenvalue weighted by atomic mass is 9.81. The van der Waals surface area contributed by atoms with Gasteiger partial charge in [0, 0.05) is 21.9 Å². The summed E-state index contributed by atoms with van der Waals surface area (Å²) in [5, 5.41) is 5.21. The fraction of sp³-hybridized carbons (Fsp3) is 0.0938. The Morgan fingerprint density at radius 2 is 1.54 bits per heavy atom. The third kappa shape index (κ3) is 2.46. The zero-order valence-corrected chi connectivity index (χ0v) is 20.4. The van der Waals surface area contributed by atoms with Gasteiger partial charge in [0.25, 0.3) is 0 Å². The van der Waals surface area contributed by atoms with E-state index in [2.05, 4.69) is 114 Å². The summed E-state index contributed by atoms with van der Waals surface area (Å²) in [4.78, 5) is 4.51. The molecule has 0 spiro atoms. The Morgan fingerprint density at radius 1 is 0.743 bits per heavy atom. The van der Waals surface area contributed by atoms with Gasteiger partial charge < -0.3 is 4.57 Å². The quantitative estimate of drug-likeness (QED) is 0.236. The molecule has 2 heterocycles. The highest BCUT2D eigenvalue weighted by Crippen LogP contribution is 2.53. The molecule has 0 saturated heterocycles. The Bertz CT molecular complexity index is 1990. The number of rotatable bonds is 1. The van der Waals surface area contributed by atoms with Gasteiger partial charge in [-0.3, -0.25) is 0 Å². The van der Waals surface area contributed by atoms with Crippen molar-refractivity contribution in [3.8, 4) is 16.8 Å². The third-order valence-corrected chi connectivity index (χ3v) is 8.68. The summed E-state index contributed by atoms with van der Waals surface area (Å²) in [5.41, 5.74) is 12.2. The molecule has 0 saturated carbocycles. The van der Waals surface area contributed by atoms with Gasteiger partial charge in [-0.15, -0.1) is 11.3 Å². The van der Waals surface area contributed by atoms with Crippen LogP contribution in [0, 0.1) is 0 Å². The van der Waals surface area contributed by atoms with E-state index in [1.807, 2.05) is 5.51 Å². The average Bonchev–Trinajstić information content (AvgIpc) is 3.54. The molecule has 0 fully saturated rings. The SMILES string of the molecule is CC1(C)c2cc3ccccc3cc2-c2ccc3c4ccccc4n(-c4ccc5ncsc5c4)c3c21. The van der Waals surface area contributed by atoms with Crippen LogP contribution in [0.15, 0.2) is 96.5 Å². The minimum Gasteiger partial charge on any atom is -0.309 e. The van der Waals surface area contributed by atoms with Gasteiger partial charge in [-0.25, -0.2) is 4.98 Å². The molecule has 1 aliphatic rings. The van der Waals surface area contributed by atoms with Crippen LogP contribution in [0.4, 0.5) is 0 Å². The molecule has 0 aliphatic heterocycles. The molecule has 7 aromatic rings. The molecule has 0 unspecified atom stereocenters. The van der Waals surface area contributed by atoms with Gasteiger partial charge in [-0.1, -0.05) is 68.4 Å². The summed E-state index contributed by atoms with van der Waals surface area (Å²) in [5.74, 6) is 0. The molecule has 35 heavy (non-hydrogen) atoms. The van der Waals surface area contributed by atoms with Crippen molar-refractivity contribution in [1.82, 2.24) is 9.55 Å². The molecule has 0 amide bonds. The maximum atomic E-state index is 4.51. The lowest BCUT2D eigenvalue weighted by molar-refractivity contribution is 0.664. The van der Waals surface area contributed by atoms with E-state index in [0.717, 1.165) is 5.52 Å². The molecule has 0 atom stereocenters. The van der Waals surface area contributed by atoms with Gasteiger partial charge in [0.1, 0.15) is 0 Å². The summed E-state index contributed by atoms with van der Waals surface area (Å²) in [7, 11) is 0. The van der Waals surface area contributed by atoms with E-state index in [9.17, 15) is 0 Å². The van der Waals surface area contributed by atoms with Crippen LogP contribution in [0.1, 0.15) is 25.0 Å². The molecule has 5 aromatic carbocycles. The van der Waals surface area contributed by atoms with Crippen LogP contribution in [0.3, 0.4) is 0 Å². The van der Waals surface area contributed by atoms with E-state index in [-0.39, 0.29) is 5.41 Å². The smallest absolute Gasteiger partial charge is 0.0813 e. The fourth-order valence-corrected chi connectivity index (χ4v) is 6.99. The lowest BCUT2D eigenvalue weighted by Gasteiger charge is -2.24. The van der Waals surface area contributed by atoms with Crippen LogP contribution < -0.4 is 0 Å². The Kier molecular flexibility index (Phi) is 3.64. The average molecular weight is 467 g/mol. The minimum absolute atomic E-state index is 0.116. The summed E-state index contributed by atoms with van der Waals surface area (Å²) in [6.45, 7) is 4.78. The number of aromatic nitrogens is 2. The Morgan fingerprint density at radius 3 is 2.43 bits per heavy atom. The number of hydrogen-bond donors (Lipinski definition) is 0. The molecule has 1 aliphatic carbocycles. The van der Waals surface area contributed by atoms with Crippen LogP contribution in [0.2, 0.25) is 0 Å². The number of benzene rings is 5. The summed E-state index contributed by atoms with van der Waals surface area (Å²) >= 11 is 1.70. The molecule has 0 radical (unpaired) electrons. The van der Waals surface area contributed by atoms with Crippen LogP contribution in [0.5, 0.6) is 0 Å².